The molecule has 0 aliphatic heterocycles. The summed E-state index contributed by atoms with van der Waals surface area (Å²) in [6.45, 7) is 0. The number of nitrogens with zero attached hydrogens (tertiary/aromatic N) is 2. The van der Waals surface area contributed by atoms with Gasteiger partial charge >= 0.3 is 0 Å². The largest absolute Gasteiger partial charge is 0.382 e. The molecule has 3 nitrogen and oxygen atoms in total. The Morgan fingerprint density at radius 3 is 2.67 bits per heavy atom. The first kappa shape index (κ1) is 9.71. The van der Waals surface area contributed by atoms with Crippen molar-refractivity contribution in [3.63, 3.8) is 0 Å². The standard InChI is InChI=1S/C11H10BN3/c12-10-7-14-11(13)9(15-10)6-8-4-2-1-3-5-8/h1-5,7H,6H2,(H2,13,14). The molecule has 72 valence electrons. The summed E-state index contributed by atoms with van der Waals surface area (Å²) in [4.78, 5) is 8.12. The topological polar surface area (TPSA) is 51.8 Å². The van der Waals surface area contributed by atoms with Crippen LogP contribution < -0.4 is 11.3 Å². The number of aromatic nitrogens is 2. The van der Waals surface area contributed by atoms with Crippen molar-refractivity contribution in [1.29, 1.82) is 0 Å². The van der Waals surface area contributed by atoms with Crippen molar-refractivity contribution in [2.24, 2.45) is 0 Å². The summed E-state index contributed by atoms with van der Waals surface area (Å²) in [5, 5.41) is 0. The van der Waals surface area contributed by atoms with Crippen molar-refractivity contribution in [2.45, 2.75) is 6.42 Å². The van der Waals surface area contributed by atoms with Gasteiger partial charge in [0.25, 0.3) is 0 Å². The highest BCUT2D eigenvalue weighted by Gasteiger charge is 2.03. The molecule has 0 amide bonds. The van der Waals surface area contributed by atoms with Crippen molar-refractivity contribution in [3.8, 4) is 0 Å². The molecule has 0 atom stereocenters. The molecular weight excluding hydrogens is 185 g/mol. The summed E-state index contributed by atoms with van der Waals surface area (Å²) < 4.78 is 0. The van der Waals surface area contributed by atoms with Crippen LogP contribution >= 0.6 is 0 Å². The van der Waals surface area contributed by atoms with Gasteiger partial charge in [-0.2, -0.15) is 0 Å². The Morgan fingerprint density at radius 1 is 1.20 bits per heavy atom. The van der Waals surface area contributed by atoms with E-state index in [-0.39, 0.29) is 0 Å². The molecule has 15 heavy (non-hydrogen) atoms. The van der Waals surface area contributed by atoms with Gasteiger partial charge in [0, 0.05) is 18.2 Å². The molecule has 2 aromatic rings. The second-order valence-electron chi connectivity index (χ2n) is 3.29. The first-order valence-electron chi connectivity index (χ1n) is 4.66. The van der Waals surface area contributed by atoms with Gasteiger partial charge in [-0.15, -0.1) is 0 Å². The van der Waals surface area contributed by atoms with Crippen molar-refractivity contribution >= 4 is 19.3 Å². The first-order valence-corrected chi connectivity index (χ1v) is 4.66. The minimum atomic E-state index is 0.398. The highest BCUT2D eigenvalue weighted by atomic mass is 14.9. The fourth-order valence-electron chi connectivity index (χ4n) is 1.37. The Kier molecular flexibility index (Phi) is 2.67. The number of hydrogen-bond donors (Lipinski definition) is 1. The highest BCUT2D eigenvalue weighted by molar-refractivity contribution is 6.30. The third kappa shape index (κ3) is 2.34. The average molecular weight is 195 g/mol. The quantitative estimate of drug-likeness (QED) is 0.707. The molecule has 0 spiro atoms. The van der Waals surface area contributed by atoms with Crippen LogP contribution in [0.25, 0.3) is 0 Å². The molecule has 0 saturated carbocycles. The molecule has 2 rings (SSSR count). The van der Waals surface area contributed by atoms with Gasteiger partial charge < -0.3 is 5.73 Å². The first-order chi connectivity index (χ1) is 7.25. The summed E-state index contributed by atoms with van der Waals surface area (Å²) in [5.74, 6) is 0.438. The van der Waals surface area contributed by atoms with E-state index >= 15 is 0 Å². The van der Waals surface area contributed by atoms with Gasteiger partial charge in [0.15, 0.2) is 0 Å². The van der Waals surface area contributed by atoms with Gasteiger partial charge in [0.2, 0.25) is 0 Å². The lowest BCUT2D eigenvalue weighted by Gasteiger charge is -2.04. The Bertz CT molecular complexity index is 457. The lowest BCUT2D eigenvalue weighted by atomic mass is 10.0. The summed E-state index contributed by atoms with van der Waals surface area (Å²) in [6, 6.07) is 9.96. The summed E-state index contributed by atoms with van der Waals surface area (Å²) in [6.07, 6.45) is 2.12. The summed E-state index contributed by atoms with van der Waals surface area (Å²) in [5.41, 5.74) is 7.97. The van der Waals surface area contributed by atoms with E-state index in [1.54, 1.807) is 0 Å². The van der Waals surface area contributed by atoms with E-state index in [4.69, 9.17) is 13.6 Å². The monoisotopic (exact) mass is 195 g/mol. The van der Waals surface area contributed by atoms with Crippen LogP contribution in [0, 0.1) is 0 Å². The number of anilines is 1. The summed E-state index contributed by atoms with van der Waals surface area (Å²) in [7, 11) is 5.55. The van der Waals surface area contributed by atoms with E-state index in [0.29, 0.717) is 17.8 Å². The highest BCUT2D eigenvalue weighted by Crippen LogP contribution is 2.09. The van der Waals surface area contributed by atoms with Crippen molar-refractivity contribution in [3.05, 3.63) is 47.8 Å². The number of nitrogens with two attached hydrogens (primary N) is 1. The molecule has 2 radical (unpaired) electrons. The molecular formula is C11H10BN3. The molecule has 2 N–H and O–H groups in total. The minimum absolute atomic E-state index is 0.398. The molecule has 1 heterocycles. The van der Waals surface area contributed by atoms with Crippen LogP contribution in [0.5, 0.6) is 0 Å². The summed E-state index contributed by atoms with van der Waals surface area (Å²) >= 11 is 0. The maximum Gasteiger partial charge on any atom is 0.145 e. The Hall–Kier alpha value is -1.84. The zero-order chi connectivity index (χ0) is 10.7. The molecule has 0 aliphatic rings. The molecule has 0 unspecified atom stereocenters. The fourth-order valence-corrected chi connectivity index (χ4v) is 1.37. The van der Waals surface area contributed by atoms with Crippen LogP contribution in [0.15, 0.2) is 36.5 Å². The number of rotatable bonds is 2. The minimum Gasteiger partial charge on any atom is -0.382 e. The van der Waals surface area contributed by atoms with E-state index < -0.39 is 0 Å². The lowest BCUT2D eigenvalue weighted by Crippen LogP contribution is -2.14. The van der Waals surface area contributed by atoms with E-state index in [2.05, 4.69) is 9.97 Å². The number of benzene rings is 1. The van der Waals surface area contributed by atoms with E-state index in [1.165, 1.54) is 6.20 Å². The van der Waals surface area contributed by atoms with Crippen LogP contribution in [-0.2, 0) is 6.42 Å². The Balaban J connectivity index is 2.28. The predicted octanol–water partition coefficient (Wildman–Crippen LogP) is 0.443. The smallest absolute Gasteiger partial charge is 0.145 e. The third-order valence-corrected chi connectivity index (χ3v) is 2.11. The van der Waals surface area contributed by atoms with Gasteiger partial charge in [0.1, 0.15) is 13.7 Å². The maximum atomic E-state index is 5.71. The van der Waals surface area contributed by atoms with E-state index in [1.807, 2.05) is 30.3 Å². The SMILES string of the molecule is [B]c1cnc(N)c(Cc2ccccc2)n1. The van der Waals surface area contributed by atoms with Gasteiger partial charge in [-0.25, -0.2) is 4.98 Å². The van der Waals surface area contributed by atoms with Crippen LogP contribution in [0.1, 0.15) is 11.3 Å². The second-order valence-corrected chi connectivity index (χ2v) is 3.29. The van der Waals surface area contributed by atoms with Crippen molar-refractivity contribution < 1.29 is 0 Å². The van der Waals surface area contributed by atoms with Crippen molar-refractivity contribution in [2.75, 3.05) is 5.73 Å². The van der Waals surface area contributed by atoms with E-state index in [0.717, 1.165) is 11.3 Å². The maximum absolute atomic E-state index is 5.71. The fraction of sp³-hybridized carbons (Fsp3) is 0.0909. The second kappa shape index (κ2) is 4.13. The van der Waals surface area contributed by atoms with Crippen LogP contribution in [0.2, 0.25) is 0 Å². The molecule has 1 aromatic heterocycles. The predicted molar refractivity (Wildman–Crippen MR) is 61.1 cm³/mol. The molecule has 0 fully saturated rings. The number of nitrogen functional groups attached to an aromatic ring is 1. The molecule has 0 saturated heterocycles. The van der Waals surface area contributed by atoms with Gasteiger partial charge in [-0.1, -0.05) is 30.3 Å². The Morgan fingerprint density at radius 2 is 1.93 bits per heavy atom. The van der Waals surface area contributed by atoms with Crippen LogP contribution in [-0.4, -0.2) is 17.8 Å². The zero-order valence-corrected chi connectivity index (χ0v) is 8.22. The van der Waals surface area contributed by atoms with Gasteiger partial charge in [0.05, 0.1) is 5.69 Å². The van der Waals surface area contributed by atoms with Gasteiger partial charge in [-0.05, 0) is 5.56 Å². The molecule has 4 heteroatoms. The van der Waals surface area contributed by atoms with Crippen molar-refractivity contribution in [1.82, 2.24) is 9.97 Å². The molecule has 1 aromatic carbocycles. The molecule has 0 aliphatic carbocycles. The van der Waals surface area contributed by atoms with E-state index in [9.17, 15) is 0 Å². The van der Waals surface area contributed by atoms with Gasteiger partial charge in [-0.3, -0.25) is 4.98 Å². The molecule has 0 bridgehead atoms. The third-order valence-electron chi connectivity index (χ3n) is 2.11. The Labute approximate surface area is 89.8 Å². The van der Waals surface area contributed by atoms with Crippen LogP contribution in [0.3, 0.4) is 0 Å². The normalized spacial score (nSPS) is 10.1. The lowest BCUT2D eigenvalue weighted by molar-refractivity contribution is 1.06. The average Bonchev–Trinajstić information content (AvgIpc) is 2.25. The number of hydrogen-bond acceptors (Lipinski definition) is 3. The zero-order valence-electron chi connectivity index (χ0n) is 8.22. The van der Waals surface area contributed by atoms with Crippen LogP contribution in [0.4, 0.5) is 5.82 Å².